The second kappa shape index (κ2) is 9.89. The van der Waals surface area contributed by atoms with Gasteiger partial charge in [0.1, 0.15) is 6.54 Å². The van der Waals surface area contributed by atoms with E-state index in [0.29, 0.717) is 6.42 Å². The largest absolute Gasteiger partial charge is 0.748 e. The first kappa shape index (κ1) is 18.0. The predicted octanol–water partition coefficient (Wildman–Crippen LogP) is 0.867. The third-order valence-electron chi connectivity index (χ3n) is 2.39. The second-order valence-electron chi connectivity index (χ2n) is 4.48. The lowest BCUT2D eigenvalue weighted by Crippen LogP contribution is -2.30. The second-order valence-corrected chi connectivity index (χ2v) is 6.00. The summed E-state index contributed by atoms with van der Waals surface area (Å²) in [5, 5.41) is 0. The smallest absolute Gasteiger partial charge is 0.168 e. The molecule has 0 N–H and O–H groups in total. The van der Waals surface area contributed by atoms with E-state index in [-0.39, 0.29) is 5.75 Å². The molecule has 6 heteroatoms. The molecule has 110 valence electrons. The highest BCUT2D eigenvalue weighted by Crippen LogP contribution is 1.94. The van der Waals surface area contributed by atoms with Crippen LogP contribution < -0.4 is 4.57 Å². The van der Waals surface area contributed by atoms with Crippen LogP contribution in [0.1, 0.15) is 19.8 Å². The van der Waals surface area contributed by atoms with Gasteiger partial charge in [0, 0.05) is 17.9 Å². The number of aromatic nitrogens is 1. The van der Waals surface area contributed by atoms with Gasteiger partial charge in [-0.1, -0.05) is 6.07 Å². The van der Waals surface area contributed by atoms with Crippen molar-refractivity contribution in [1.82, 2.24) is 4.90 Å². The zero-order valence-corrected chi connectivity index (χ0v) is 12.8. The molecule has 0 fully saturated rings. The average molecular weight is 288 g/mol. The fourth-order valence-electron chi connectivity index (χ4n) is 1.35. The molecule has 0 aliphatic carbocycles. The summed E-state index contributed by atoms with van der Waals surface area (Å²) < 4.78 is 32.4. The van der Waals surface area contributed by atoms with Gasteiger partial charge < -0.3 is 9.45 Å². The molecule has 0 atom stereocenters. The van der Waals surface area contributed by atoms with Gasteiger partial charge in [-0.05, 0) is 40.4 Å². The lowest BCUT2D eigenvalue weighted by Gasteiger charge is -2.09. The SMILES string of the molecule is CC[n+]1ccccc1.CN(C)CCCCS(=O)(=O)[O-]. The molecule has 1 aromatic rings. The van der Waals surface area contributed by atoms with Crippen LogP contribution in [0, 0.1) is 0 Å². The number of nitrogens with zero attached hydrogens (tertiary/aromatic N) is 2. The van der Waals surface area contributed by atoms with Crippen LogP contribution in [0.15, 0.2) is 30.6 Å². The number of rotatable bonds is 6. The molecule has 0 saturated heterocycles. The summed E-state index contributed by atoms with van der Waals surface area (Å²) in [6, 6.07) is 6.08. The predicted molar refractivity (Wildman–Crippen MR) is 74.7 cm³/mol. The minimum Gasteiger partial charge on any atom is -0.748 e. The zero-order valence-electron chi connectivity index (χ0n) is 11.9. The van der Waals surface area contributed by atoms with Crippen LogP contribution in [0.2, 0.25) is 0 Å². The summed E-state index contributed by atoms with van der Waals surface area (Å²) in [6.07, 6.45) is 5.33. The Bertz CT molecular complexity index is 419. The molecule has 0 amide bonds. The molecule has 0 aliphatic heterocycles. The quantitative estimate of drug-likeness (QED) is 0.442. The average Bonchev–Trinajstić information content (AvgIpc) is 2.35. The number of pyridine rings is 1. The molecular weight excluding hydrogens is 264 g/mol. The van der Waals surface area contributed by atoms with Gasteiger partial charge in [0.2, 0.25) is 0 Å². The van der Waals surface area contributed by atoms with Crippen LogP contribution in [0.3, 0.4) is 0 Å². The molecular formula is C13H24N2O3S. The highest BCUT2D eigenvalue weighted by atomic mass is 32.2. The van der Waals surface area contributed by atoms with E-state index < -0.39 is 10.1 Å². The van der Waals surface area contributed by atoms with Crippen LogP contribution in [-0.2, 0) is 16.7 Å². The summed E-state index contributed by atoms with van der Waals surface area (Å²) in [6.45, 7) is 4.01. The van der Waals surface area contributed by atoms with E-state index in [1.54, 1.807) is 0 Å². The first-order chi connectivity index (χ1) is 8.85. The summed E-state index contributed by atoms with van der Waals surface area (Å²) in [4.78, 5) is 1.96. The van der Waals surface area contributed by atoms with E-state index in [9.17, 15) is 13.0 Å². The number of aryl methyl sites for hydroxylation is 1. The van der Waals surface area contributed by atoms with Crippen LogP contribution in [0.4, 0.5) is 0 Å². The van der Waals surface area contributed by atoms with Gasteiger partial charge in [-0.3, -0.25) is 0 Å². The van der Waals surface area contributed by atoms with Gasteiger partial charge >= 0.3 is 0 Å². The van der Waals surface area contributed by atoms with Crippen LogP contribution >= 0.6 is 0 Å². The van der Waals surface area contributed by atoms with Crippen molar-refractivity contribution >= 4 is 10.1 Å². The van der Waals surface area contributed by atoms with Gasteiger partial charge in [-0.2, -0.15) is 0 Å². The molecule has 5 nitrogen and oxygen atoms in total. The molecule has 1 aromatic heterocycles. The Labute approximate surface area is 116 Å². The van der Waals surface area contributed by atoms with E-state index in [4.69, 9.17) is 0 Å². The van der Waals surface area contributed by atoms with Crippen molar-refractivity contribution in [2.75, 3.05) is 26.4 Å². The molecule has 0 aliphatic rings. The topological polar surface area (TPSA) is 64.3 Å². The summed E-state index contributed by atoms with van der Waals surface area (Å²) in [5.41, 5.74) is 0. The molecule has 0 radical (unpaired) electrons. The lowest BCUT2D eigenvalue weighted by molar-refractivity contribution is -0.693. The molecule has 0 unspecified atom stereocenters. The van der Waals surface area contributed by atoms with Crippen molar-refractivity contribution in [3.8, 4) is 0 Å². The zero-order chi connectivity index (χ0) is 14.7. The summed E-state index contributed by atoms with van der Waals surface area (Å²) >= 11 is 0. The first-order valence-corrected chi connectivity index (χ1v) is 7.95. The number of hydrogen-bond acceptors (Lipinski definition) is 4. The fourth-order valence-corrected chi connectivity index (χ4v) is 1.91. The third-order valence-corrected chi connectivity index (χ3v) is 3.18. The van der Waals surface area contributed by atoms with Crippen LogP contribution in [-0.4, -0.2) is 44.3 Å². The normalized spacial score (nSPS) is 11.0. The maximum atomic E-state index is 10.1. The molecule has 1 rings (SSSR count). The van der Waals surface area contributed by atoms with Crippen molar-refractivity contribution in [3.63, 3.8) is 0 Å². The van der Waals surface area contributed by atoms with Gasteiger partial charge in [0.25, 0.3) is 0 Å². The maximum absolute atomic E-state index is 10.1. The monoisotopic (exact) mass is 288 g/mol. The highest BCUT2D eigenvalue weighted by Gasteiger charge is 1.95. The van der Waals surface area contributed by atoms with Gasteiger partial charge in [0.05, 0.1) is 10.1 Å². The van der Waals surface area contributed by atoms with Crippen molar-refractivity contribution in [2.45, 2.75) is 26.3 Å². The summed E-state index contributed by atoms with van der Waals surface area (Å²) in [7, 11) is -0.174. The van der Waals surface area contributed by atoms with Gasteiger partial charge in [-0.15, -0.1) is 0 Å². The Morgan fingerprint density at radius 3 is 2.05 bits per heavy atom. The van der Waals surface area contributed by atoms with Crippen molar-refractivity contribution in [2.24, 2.45) is 0 Å². The molecule has 0 saturated carbocycles. The van der Waals surface area contributed by atoms with Crippen molar-refractivity contribution < 1.29 is 17.5 Å². The maximum Gasteiger partial charge on any atom is 0.168 e. The van der Waals surface area contributed by atoms with E-state index >= 15 is 0 Å². The molecule has 0 aromatic carbocycles. The minimum atomic E-state index is -3.99. The van der Waals surface area contributed by atoms with Crippen LogP contribution in [0.5, 0.6) is 0 Å². The van der Waals surface area contributed by atoms with Crippen LogP contribution in [0.25, 0.3) is 0 Å². The van der Waals surface area contributed by atoms with Crippen molar-refractivity contribution in [1.29, 1.82) is 0 Å². The third kappa shape index (κ3) is 13.3. The Morgan fingerprint density at radius 1 is 1.11 bits per heavy atom. The molecule has 0 spiro atoms. The standard InChI is InChI=1S/C7H10N.C6H15NO3S/c1-2-8-6-4-3-5-7-8;1-7(2)5-3-4-6-11(8,9)10/h3-7H,2H2,1H3;3-6H2,1-2H3,(H,8,9,10)/q+1;/p-1. The minimum absolute atomic E-state index is 0.235. The fraction of sp³-hybridized carbons (Fsp3) is 0.615. The molecule has 1 heterocycles. The van der Waals surface area contributed by atoms with E-state index in [0.717, 1.165) is 19.5 Å². The first-order valence-electron chi connectivity index (χ1n) is 6.37. The van der Waals surface area contributed by atoms with Crippen molar-refractivity contribution in [3.05, 3.63) is 30.6 Å². The van der Waals surface area contributed by atoms with E-state index in [2.05, 4.69) is 23.9 Å². The summed E-state index contributed by atoms with van der Waals surface area (Å²) in [5.74, 6) is -0.235. The molecule has 0 bridgehead atoms. The van der Waals surface area contributed by atoms with E-state index in [1.807, 2.05) is 37.2 Å². The Morgan fingerprint density at radius 2 is 1.68 bits per heavy atom. The number of hydrogen-bond donors (Lipinski definition) is 0. The lowest BCUT2D eigenvalue weighted by atomic mass is 10.3. The van der Waals surface area contributed by atoms with E-state index in [1.165, 1.54) is 0 Å². The number of unbranched alkanes of at least 4 members (excludes halogenated alkanes) is 1. The Balaban J connectivity index is 0.000000356. The Kier molecular flexibility index (Phi) is 9.38. The Hall–Kier alpha value is -0.980. The van der Waals surface area contributed by atoms with Gasteiger partial charge in [-0.25, -0.2) is 13.0 Å². The van der Waals surface area contributed by atoms with Gasteiger partial charge in [0.15, 0.2) is 12.4 Å². The highest BCUT2D eigenvalue weighted by molar-refractivity contribution is 7.85. The molecule has 19 heavy (non-hydrogen) atoms.